The molecule has 0 aliphatic rings. The van der Waals surface area contributed by atoms with Crippen LogP contribution in [0.1, 0.15) is 12.5 Å². The van der Waals surface area contributed by atoms with Crippen LogP contribution >= 0.6 is 0 Å². The minimum atomic E-state index is -3.70. The molecule has 24 heavy (non-hydrogen) atoms. The third kappa shape index (κ3) is 4.24. The van der Waals surface area contributed by atoms with Gasteiger partial charge in [-0.1, -0.05) is 0 Å². The van der Waals surface area contributed by atoms with Gasteiger partial charge in [0.05, 0.1) is 30.5 Å². The number of anilines is 1. The van der Waals surface area contributed by atoms with E-state index in [-0.39, 0.29) is 4.90 Å². The minimum absolute atomic E-state index is 0.0468. The van der Waals surface area contributed by atoms with Crippen LogP contribution in [0.3, 0.4) is 0 Å². The number of nitrogens with one attached hydrogen (secondary N) is 1. The van der Waals surface area contributed by atoms with E-state index < -0.39 is 10.0 Å². The third-order valence-electron chi connectivity index (χ3n) is 3.33. The van der Waals surface area contributed by atoms with Crippen molar-refractivity contribution in [1.82, 2.24) is 0 Å². The van der Waals surface area contributed by atoms with Gasteiger partial charge in [-0.05, 0) is 43.3 Å². The number of nitrogens with two attached hydrogens (primary N) is 1. The van der Waals surface area contributed by atoms with E-state index in [1.54, 1.807) is 32.4 Å². The molecule has 0 unspecified atom stereocenters. The van der Waals surface area contributed by atoms with Gasteiger partial charge in [0.15, 0.2) is 0 Å². The summed E-state index contributed by atoms with van der Waals surface area (Å²) in [5.74, 6) is 1.33. The lowest BCUT2D eigenvalue weighted by Crippen LogP contribution is -2.11. The first-order chi connectivity index (χ1) is 11.3. The van der Waals surface area contributed by atoms with Gasteiger partial charge in [0.25, 0.3) is 0 Å². The van der Waals surface area contributed by atoms with Crippen LogP contribution in [0, 0.1) is 0 Å². The highest BCUT2D eigenvalue weighted by Crippen LogP contribution is 2.25. The largest absolute Gasteiger partial charge is 0.497 e. The second-order valence-corrected chi connectivity index (χ2v) is 6.51. The fourth-order valence-corrected chi connectivity index (χ4v) is 2.54. The lowest BCUT2D eigenvalue weighted by Gasteiger charge is -2.10. The van der Waals surface area contributed by atoms with Crippen LogP contribution in [0.4, 0.5) is 5.69 Å². The predicted molar refractivity (Wildman–Crippen MR) is 93.2 cm³/mol. The lowest BCUT2D eigenvalue weighted by atomic mass is 10.1. The molecule has 2 rings (SSSR count). The average Bonchev–Trinajstić information content (AvgIpc) is 2.58. The number of sulfonamides is 1. The number of nitrogens with zero attached hydrogens (tertiary/aromatic N) is 1. The molecule has 2 aromatic carbocycles. The maximum absolute atomic E-state index is 11.2. The monoisotopic (exact) mass is 349 g/mol. The topological polar surface area (TPSA) is 103 Å². The molecule has 0 aromatic heterocycles. The van der Waals surface area contributed by atoms with Gasteiger partial charge in [0, 0.05) is 11.6 Å². The number of hydrogen-bond acceptors (Lipinski definition) is 6. The molecule has 0 aliphatic carbocycles. The Labute approximate surface area is 141 Å². The molecule has 0 radical (unpaired) electrons. The molecular formula is C16H19N3O4S. The van der Waals surface area contributed by atoms with Crippen LogP contribution < -0.4 is 20.0 Å². The SMILES string of the molecule is COc1ccc(/C(C)=N/Nc2ccc(S(N)(=O)=O)cc2)c(OC)c1. The molecule has 0 bridgehead atoms. The second-order valence-electron chi connectivity index (χ2n) is 4.94. The summed E-state index contributed by atoms with van der Waals surface area (Å²) in [7, 11) is -0.542. The Bertz CT molecular complexity index is 846. The third-order valence-corrected chi connectivity index (χ3v) is 4.26. The molecule has 0 atom stereocenters. The van der Waals surface area contributed by atoms with Crippen molar-refractivity contribution in [2.45, 2.75) is 11.8 Å². The number of methoxy groups -OCH3 is 2. The van der Waals surface area contributed by atoms with Gasteiger partial charge in [-0.25, -0.2) is 13.6 Å². The Hall–Kier alpha value is -2.58. The molecule has 0 fully saturated rings. The van der Waals surface area contributed by atoms with Crippen molar-refractivity contribution in [3.05, 3.63) is 48.0 Å². The van der Waals surface area contributed by atoms with E-state index >= 15 is 0 Å². The minimum Gasteiger partial charge on any atom is -0.497 e. The van der Waals surface area contributed by atoms with Gasteiger partial charge in [-0.3, -0.25) is 5.43 Å². The Morgan fingerprint density at radius 2 is 1.75 bits per heavy atom. The Balaban J connectivity index is 2.20. The van der Waals surface area contributed by atoms with Gasteiger partial charge >= 0.3 is 0 Å². The molecule has 0 aliphatic heterocycles. The van der Waals surface area contributed by atoms with E-state index in [1.165, 1.54) is 12.1 Å². The van der Waals surface area contributed by atoms with Crippen LogP contribution in [-0.2, 0) is 10.0 Å². The van der Waals surface area contributed by atoms with Gasteiger partial charge in [-0.2, -0.15) is 5.10 Å². The summed E-state index contributed by atoms with van der Waals surface area (Å²) in [6, 6.07) is 11.4. The summed E-state index contributed by atoms with van der Waals surface area (Å²) in [6.07, 6.45) is 0. The summed E-state index contributed by atoms with van der Waals surface area (Å²) in [4.78, 5) is 0.0468. The fourth-order valence-electron chi connectivity index (χ4n) is 2.03. The average molecular weight is 349 g/mol. The Morgan fingerprint density at radius 3 is 2.29 bits per heavy atom. The molecule has 2 aromatic rings. The molecule has 7 nitrogen and oxygen atoms in total. The van der Waals surface area contributed by atoms with Crippen molar-refractivity contribution in [2.24, 2.45) is 10.2 Å². The van der Waals surface area contributed by atoms with E-state index in [1.807, 2.05) is 19.1 Å². The quantitative estimate of drug-likeness (QED) is 0.615. The van der Waals surface area contributed by atoms with Crippen LogP contribution in [-0.4, -0.2) is 28.3 Å². The summed E-state index contributed by atoms with van der Waals surface area (Å²) in [5.41, 5.74) is 5.01. The smallest absolute Gasteiger partial charge is 0.238 e. The van der Waals surface area contributed by atoms with Crippen molar-refractivity contribution in [1.29, 1.82) is 0 Å². The molecule has 8 heteroatoms. The zero-order valence-electron chi connectivity index (χ0n) is 13.6. The molecule has 128 valence electrons. The normalized spacial score (nSPS) is 11.9. The number of ether oxygens (including phenoxy) is 2. The van der Waals surface area contributed by atoms with Crippen molar-refractivity contribution in [3.8, 4) is 11.5 Å². The van der Waals surface area contributed by atoms with Crippen molar-refractivity contribution in [2.75, 3.05) is 19.6 Å². The molecule has 0 amide bonds. The van der Waals surface area contributed by atoms with Gasteiger partial charge < -0.3 is 9.47 Å². The first-order valence-electron chi connectivity index (χ1n) is 7.00. The molecule has 0 heterocycles. The number of hydrogen-bond donors (Lipinski definition) is 2. The number of benzene rings is 2. The van der Waals surface area contributed by atoms with Crippen LogP contribution in [0.25, 0.3) is 0 Å². The summed E-state index contributed by atoms with van der Waals surface area (Å²) in [5, 5.41) is 9.35. The number of rotatable bonds is 6. The summed E-state index contributed by atoms with van der Waals surface area (Å²) >= 11 is 0. The first kappa shape index (κ1) is 17.8. The number of hydrazone groups is 1. The maximum atomic E-state index is 11.2. The van der Waals surface area contributed by atoms with Crippen molar-refractivity contribution in [3.63, 3.8) is 0 Å². The predicted octanol–water partition coefficient (Wildman–Crippen LogP) is 2.19. The van der Waals surface area contributed by atoms with E-state index in [0.29, 0.717) is 22.9 Å². The van der Waals surface area contributed by atoms with Gasteiger partial charge in [0.1, 0.15) is 11.5 Å². The summed E-state index contributed by atoms with van der Waals surface area (Å²) < 4.78 is 33.0. The highest BCUT2D eigenvalue weighted by Gasteiger charge is 2.09. The second kappa shape index (κ2) is 7.33. The van der Waals surface area contributed by atoms with Crippen molar-refractivity contribution < 1.29 is 17.9 Å². The van der Waals surface area contributed by atoms with E-state index in [0.717, 1.165) is 5.56 Å². The molecule has 0 saturated heterocycles. The summed E-state index contributed by atoms with van der Waals surface area (Å²) in [6.45, 7) is 1.83. The zero-order valence-corrected chi connectivity index (χ0v) is 14.4. The van der Waals surface area contributed by atoms with Crippen molar-refractivity contribution >= 4 is 21.4 Å². The maximum Gasteiger partial charge on any atom is 0.238 e. The number of primary sulfonamides is 1. The van der Waals surface area contributed by atoms with Crippen LogP contribution in [0.2, 0.25) is 0 Å². The van der Waals surface area contributed by atoms with E-state index in [4.69, 9.17) is 14.6 Å². The van der Waals surface area contributed by atoms with E-state index in [9.17, 15) is 8.42 Å². The Kier molecular flexibility index (Phi) is 5.42. The zero-order chi connectivity index (χ0) is 17.7. The van der Waals surface area contributed by atoms with Gasteiger partial charge in [0.2, 0.25) is 10.0 Å². The first-order valence-corrected chi connectivity index (χ1v) is 8.55. The fraction of sp³-hybridized carbons (Fsp3) is 0.188. The van der Waals surface area contributed by atoms with E-state index in [2.05, 4.69) is 10.5 Å². The van der Waals surface area contributed by atoms with Crippen LogP contribution in [0.5, 0.6) is 11.5 Å². The Morgan fingerprint density at radius 1 is 1.08 bits per heavy atom. The molecule has 3 N–H and O–H groups in total. The molecule has 0 saturated carbocycles. The van der Waals surface area contributed by atoms with Gasteiger partial charge in [-0.15, -0.1) is 0 Å². The molecule has 0 spiro atoms. The molecular weight excluding hydrogens is 330 g/mol. The standard InChI is InChI=1S/C16H19N3O4S/c1-11(15-9-6-13(22-2)10-16(15)23-3)18-19-12-4-7-14(8-5-12)24(17,20)21/h4-10,19H,1-3H3,(H2,17,20,21)/b18-11+. The highest BCUT2D eigenvalue weighted by molar-refractivity contribution is 7.89. The lowest BCUT2D eigenvalue weighted by molar-refractivity contribution is 0.394. The highest BCUT2D eigenvalue weighted by atomic mass is 32.2. The van der Waals surface area contributed by atoms with Crippen LogP contribution in [0.15, 0.2) is 52.5 Å².